The van der Waals surface area contributed by atoms with Crippen molar-refractivity contribution in [3.8, 4) is 0 Å². The largest absolute Gasteiger partial charge is 0.471 e. The van der Waals surface area contributed by atoms with E-state index in [1.807, 2.05) is 12.1 Å². The van der Waals surface area contributed by atoms with Gasteiger partial charge in [0, 0.05) is 0 Å². The van der Waals surface area contributed by atoms with Crippen LogP contribution in [0.15, 0.2) is 50.5 Å². The monoisotopic (exact) mass is 340 g/mol. The molecular weight excluding hydrogens is 335 g/mol. The maximum Gasteiger partial charge on any atom is 0.104 e. The van der Waals surface area contributed by atoms with Crippen molar-refractivity contribution in [3.05, 3.63) is 45.2 Å². The molecule has 0 unspecified atom stereocenters. The van der Waals surface area contributed by atoms with Crippen molar-refractivity contribution in [2.24, 2.45) is 0 Å². The van der Waals surface area contributed by atoms with Gasteiger partial charge in [0.25, 0.3) is 0 Å². The van der Waals surface area contributed by atoms with Crippen molar-refractivity contribution in [2.75, 3.05) is 0 Å². The summed E-state index contributed by atoms with van der Waals surface area (Å²) in [4.78, 5) is 0. The lowest BCUT2D eigenvalue weighted by Gasteiger charge is -1.60. The summed E-state index contributed by atoms with van der Waals surface area (Å²) in [6.07, 6.45) is 6.59. The lowest BCUT2D eigenvalue weighted by Crippen LogP contribution is -1.44. The Morgan fingerprint density at radius 1 is 1.08 bits per heavy atom. The molecule has 0 aliphatic heterocycles. The van der Waals surface area contributed by atoms with Gasteiger partial charge in [-0.15, -0.1) is 0 Å². The normalized spacial score (nSPS) is 8.83. The molecule has 0 radical (unpaired) electrons. The predicted molar refractivity (Wildman–Crippen MR) is 57.8 cm³/mol. The summed E-state index contributed by atoms with van der Waals surface area (Å²) in [5.41, 5.74) is 0. The highest BCUT2D eigenvalue weighted by atomic mass is 127. The molecule has 0 aliphatic carbocycles. The highest BCUT2D eigenvalue weighted by molar-refractivity contribution is 14.1. The molecule has 0 atom stereocenters. The first-order valence-corrected chi connectivity index (χ1v) is 5.01. The van der Waals surface area contributed by atoms with Crippen molar-refractivity contribution < 1.29 is 8.83 Å². The molecule has 2 aromatic heterocycles. The zero-order valence-corrected chi connectivity index (χ0v) is 9.78. The van der Waals surface area contributed by atoms with Crippen LogP contribution in [0.4, 0.5) is 0 Å². The Morgan fingerprint density at radius 3 is 1.92 bits per heavy atom. The van der Waals surface area contributed by atoms with Gasteiger partial charge in [-0.1, -0.05) is 0 Å². The van der Waals surface area contributed by atoms with Gasteiger partial charge in [0.05, 0.1) is 20.6 Å². The lowest BCUT2D eigenvalue weighted by molar-refractivity contribution is 0.565. The molecule has 0 spiro atoms. The topological polar surface area (TPSA) is 26.3 Å². The first kappa shape index (κ1) is 9.85. The second-order valence-electron chi connectivity index (χ2n) is 1.88. The Balaban J connectivity index is 0.000000120. The van der Waals surface area contributed by atoms with Gasteiger partial charge in [0.1, 0.15) is 12.5 Å². The minimum absolute atomic E-state index is 0.988. The molecular formula is C8H6BrIO2. The Kier molecular flexibility index (Phi) is 4.45. The maximum absolute atomic E-state index is 4.71. The summed E-state index contributed by atoms with van der Waals surface area (Å²) >= 11 is 5.37. The van der Waals surface area contributed by atoms with Crippen molar-refractivity contribution in [1.29, 1.82) is 0 Å². The average Bonchev–Trinajstić information content (AvgIpc) is 2.63. The molecule has 0 saturated heterocycles. The fourth-order valence-corrected chi connectivity index (χ4v) is 1.01. The first-order chi connectivity index (χ1) is 5.79. The summed E-state index contributed by atoms with van der Waals surface area (Å²) in [5, 5.41) is 0. The smallest absolute Gasteiger partial charge is 0.104 e. The van der Waals surface area contributed by atoms with Crippen LogP contribution in [0.1, 0.15) is 0 Å². The van der Waals surface area contributed by atoms with Crippen molar-refractivity contribution in [3.63, 3.8) is 0 Å². The molecule has 0 bridgehead atoms. The second-order valence-corrected chi connectivity index (χ2v) is 4.04. The molecule has 0 N–H and O–H groups in total. The van der Waals surface area contributed by atoms with E-state index in [-0.39, 0.29) is 0 Å². The number of halogens is 2. The SMILES string of the molecule is Brc1ccoc1.Ic1ccoc1. The minimum atomic E-state index is 0.988. The molecule has 0 aliphatic rings. The zero-order chi connectivity index (χ0) is 8.81. The predicted octanol–water partition coefficient (Wildman–Crippen LogP) is 3.93. The van der Waals surface area contributed by atoms with E-state index in [2.05, 4.69) is 42.9 Å². The summed E-state index contributed by atoms with van der Waals surface area (Å²) in [7, 11) is 0. The van der Waals surface area contributed by atoms with E-state index in [0.29, 0.717) is 0 Å². The van der Waals surface area contributed by atoms with Gasteiger partial charge in [-0.25, -0.2) is 0 Å². The molecule has 2 heterocycles. The van der Waals surface area contributed by atoms with E-state index in [4.69, 9.17) is 4.42 Å². The zero-order valence-electron chi connectivity index (χ0n) is 6.04. The number of hydrogen-bond donors (Lipinski definition) is 0. The van der Waals surface area contributed by atoms with Gasteiger partial charge < -0.3 is 8.83 Å². The molecule has 2 rings (SSSR count). The van der Waals surface area contributed by atoms with Crippen LogP contribution >= 0.6 is 38.5 Å². The average molecular weight is 341 g/mol. The van der Waals surface area contributed by atoms with E-state index in [0.717, 1.165) is 8.04 Å². The molecule has 2 aromatic rings. The van der Waals surface area contributed by atoms with Gasteiger partial charge in [0.2, 0.25) is 0 Å². The molecule has 64 valence electrons. The highest BCUT2D eigenvalue weighted by Crippen LogP contribution is 2.06. The standard InChI is InChI=1S/C4H3BrO.C4H3IO/c2*5-4-1-2-6-3-4/h2*1-3H. The fraction of sp³-hybridized carbons (Fsp3) is 0. The van der Waals surface area contributed by atoms with Gasteiger partial charge in [-0.3, -0.25) is 0 Å². The van der Waals surface area contributed by atoms with E-state index in [9.17, 15) is 0 Å². The lowest BCUT2D eigenvalue weighted by atomic mass is 10.7. The van der Waals surface area contributed by atoms with Crippen LogP contribution in [0.2, 0.25) is 0 Å². The van der Waals surface area contributed by atoms with Gasteiger partial charge in [-0.2, -0.15) is 0 Å². The van der Waals surface area contributed by atoms with Crippen molar-refractivity contribution in [2.45, 2.75) is 0 Å². The molecule has 0 amide bonds. The number of furan rings is 2. The first-order valence-electron chi connectivity index (χ1n) is 3.14. The summed E-state index contributed by atoms with van der Waals surface area (Å²) in [6, 6.07) is 3.74. The van der Waals surface area contributed by atoms with Crippen LogP contribution in [0.25, 0.3) is 0 Å². The third kappa shape index (κ3) is 3.96. The van der Waals surface area contributed by atoms with Gasteiger partial charge in [-0.05, 0) is 50.7 Å². The molecule has 0 aromatic carbocycles. The molecule has 0 saturated carbocycles. The van der Waals surface area contributed by atoms with E-state index in [1.165, 1.54) is 0 Å². The third-order valence-electron chi connectivity index (χ3n) is 0.973. The number of rotatable bonds is 0. The Hall–Kier alpha value is -0.230. The number of hydrogen-bond acceptors (Lipinski definition) is 2. The van der Waals surface area contributed by atoms with Crippen LogP contribution in [-0.4, -0.2) is 0 Å². The van der Waals surface area contributed by atoms with E-state index >= 15 is 0 Å². The maximum atomic E-state index is 4.71. The van der Waals surface area contributed by atoms with E-state index < -0.39 is 0 Å². The van der Waals surface area contributed by atoms with Gasteiger partial charge >= 0.3 is 0 Å². The van der Waals surface area contributed by atoms with Crippen LogP contribution in [0.3, 0.4) is 0 Å². The van der Waals surface area contributed by atoms with Crippen LogP contribution in [0, 0.1) is 3.57 Å². The van der Waals surface area contributed by atoms with Crippen LogP contribution in [-0.2, 0) is 0 Å². The summed E-state index contributed by atoms with van der Waals surface area (Å²) < 4.78 is 11.5. The molecule has 0 fully saturated rings. The van der Waals surface area contributed by atoms with Gasteiger partial charge in [0.15, 0.2) is 0 Å². The molecule has 4 heteroatoms. The second kappa shape index (κ2) is 5.42. The Morgan fingerprint density at radius 2 is 1.75 bits per heavy atom. The Bertz CT molecular complexity index is 256. The fourth-order valence-electron chi connectivity index (χ4n) is 0.496. The molecule has 12 heavy (non-hydrogen) atoms. The summed E-state index contributed by atoms with van der Waals surface area (Å²) in [6.45, 7) is 0. The molecule has 2 nitrogen and oxygen atoms in total. The van der Waals surface area contributed by atoms with E-state index in [1.54, 1.807) is 25.1 Å². The van der Waals surface area contributed by atoms with Crippen LogP contribution < -0.4 is 0 Å². The Labute approximate surface area is 92.2 Å². The minimum Gasteiger partial charge on any atom is -0.471 e. The quantitative estimate of drug-likeness (QED) is 0.679. The highest BCUT2D eigenvalue weighted by Gasteiger charge is 1.79. The van der Waals surface area contributed by atoms with Crippen molar-refractivity contribution in [1.82, 2.24) is 0 Å². The third-order valence-corrected chi connectivity index (χ3v) is 2.04. The van der Waals surface area contributed by atoms with Crippen LogP contribution in [0.5, 0.6) is 0 Å². The van der Waals surface area contributed by atoms with Crippen molar-refractivity contribution >= 4 is 38.5 Å². The summed E-state index contributed by atoms with van der Waals surface area (Å²) in [5.74, 6) is 0.